The van der Waals surface area contributed by atoms with Gasteiger partial charge in [0.15, 0.2) is 0 Å². The largest absolute Gasteiger partial charge is 0.391 e. The molecule has 5 nitrogen and oxygen atoms in total. The maximum absolute atomic E-state index is 12.5. The fourth-order valence-corrected chi connectivity index (χ4v) is 3.15. The molecule has 0 saturated carbocycles. The molecule has 2 amide bonds. The monoisotopic (exact) mass is 274 g/mol. The molecule has 1 aromatic rings. The average molecular weight is 274 g/mol. The lowest BCUT2D eigenvalue weighted by Crippen LogP contribution is -2.67. The molecule has 3 rings (SSSR count). The van der Waals surface area contributed by atoms with Crippen molar-refractivity contribution in [3.05, 3.63) is 35.9 Å². The van der Waals surface area contributed by atoms with Crippen LogP contribution >= 0.6 is 0 Å². The number of nitrogens with zero attached hydrogens (tertiary/aromatic N) is 1. The molecule has 2 heterocycles. The molecule has 0 spiro atoms. The van der Waals surface area contributed by atoms with E-state index in [0.717, 1.165) is 5.56 Å². The second-order valence-corrected chi connectivity index (χ2v) is 5.80. The van der Waals surface area contributed by atoms with Crippen molar-refractivity contribution in [2.45, 2.75) is 37.5 Å². The topological polar surface area (TPSA) is 69.6 Å². The second kappa shape index (κ2) is 4.59. The summed E-state index contributed by atoms with van der Waals surface area (Å²) in [5.41, 5.74) is 0.110. The zero-order valence-electron chi connectivity index (χ0n) is 11.4. The predicted molar refractivity (Wildman–Crippen MR) is 72.8 cm³/mol. The van der Waals surface area contributed by atoms with Crippen molar-refractivity contribution in [3.8, 4) is 0 Å². The second-order valence-electron chi connectivity index (χ2n) is 5.80. The number of amides is 2. The van der Waals surface area contributed by atoms with Crippen molar-refractivity contribution < 1.29 is 14.7 Å². The van der Waals surface area contributed by atoms with Crippen LogP contribution in [0.1, 0.15) is 18.9 Å². The van der Waals surface area contributed by atoms with Crippen LogP contribution in [-0.2, 0) is 16.0 Å². The SMILES string of the molecule is CC12C[C@@H](O)CN1C(=O)[C@H](Cc1ccccc1)NC2=O. The molecule has 0 radical (unpaired) electrons. The molecule has 2 N–H and O–H groups in total. The number of β-amino-alcohol motifs (C(OH)–C–C–N with tert-alkyl or cyclic N) is 1. The molecule has 0 aliphatic carbocycles. The highest BCUT2D eigenvalue weighted by Crippen LogP contribution is 2.33. The van der Waals surface area contributed by atoms with Gasteiger partial charge in [-0.25, -0.2) is 0 Å². The maximum Gasteiger partial charge on any atom is 0.246 e. The average Bonchev–Trinajstić information content (AvgIpc) is 2.74. The van der Waals surface area contributed by atoms with Crippen molar-refractivity contribution in [2.75, 3.05) is 6.54 Å². The molecule has 3 atom stereocenters. The van der Waals surface area contributed by atoms with Gasteiger partial charge in [-0.15, -0.1) is 0 Å². The number of fused-ring (bicyclic) bond motifs is 1. The van der Waals surface area contributed by atoms with E-state index >= 15 is 0 Å². The Morgan fingerprint density at radius 1 is 1.35 bits per heavy atom. The smallest absolute Gasteiger partial charge is 0.246 e. The van der Waals surface area contributed by atoms with E-state index in [2.05, 4.69) is 5.32 Å². The summed E-state index contributed by atoms with van der Waals surface area (Å²) in [5, 5.41) is 12.6. The highest BCUT2D eigenvalue weighted by atomic mass is 16.3. The number of aliphatic hydroxyl groups is 1. The predicted octanol–water partition coefficient (Wildman–Crippen LogP) is 0.0794. The maximum atomic E-state index is 12.5. The Kier molecular flexibility index (Phi) is 3.01. The van der Waals surface area contributed by atoms with Crippen LogP contribution in [0.15, 0.2) is 30.3 Å². The third-order valence-electron chi connectivity index (χ3n) is 4.26. The summed E-state index contributed by atoms with van der Waals surface area (Å²) < 4.78 is 0. The summed E-state index contributed by atoms with van der Waals surface area (Å²) in [6, 6.07) is 9.07. The Hall–Kier alpha value is -1.88. The standard InChI is InChI=1S/C15H18N2O3/c1-15-8-11(18)9-17(15)13(19)12(16-14(15)20)7-10-5-3-2-4-6-10/h2-6,11-12,18H,7-9H2,1H3,(H,16,20)/t11-,12+,15?/m1/s1. The Balaban J connectivity index is 1.82. The summed E-state index contributed by atoms with van der Waals surface area (Å²) >= 11 is 0. The number of nitrogens with one attached hydrogen (secondary N) is 1. The number of benzene rings is 1. The lowest BCUT2D eigenvalue weighted by molar-refractivity contribution is -0.153. The van der Waals surface area contributed by atoms with E-state index in [1.165, 1.54) is 4.90 Å². The quantitative estimate of drug-likeness (QED) is 0.802. The Bertz CT molecular complexity index is 545. The van der Waals surface area contributed by atoms with Crippen LogP contribution in [0.3, 0.4) is 0 Å². The third kappa shape index (κ3) is 1.98. The van der Waals surface area contributed by atoms with E-state index in [-0.39, 0.29) is 18.4 Å². The summed E-state index contributed by atoms with van der Waals surface area (Å²) in [5.74, 6) is -0.276. The van der Waals surface area contributed by atoms with Crippen molar-refractivity contribution in [1.82, 2.24) is 10.2 Å². The molecule has 2 aliphatic heterocycles. The number of rotatable bonds is 2. The van der Waals surface area contributed by atoms with Crippen LogP contribution in [0.2, 0.25) is 0 Å². The van der Waals surface area contributed by atoms with Crippen LogP contribution in [0.25, 0.3) is 0 Å². The van der Waals surface area contributed by atoms with E-state index in [1.54, 1.807) is 6.92 Å². The van der Waals surface area contributed by atoms with Gasteiger partial charge in [0.2, 0.25) is 11.8 Å². The van der Waals surface area contributed by atoms with Gasteiger partial charge in [0.1, 0.15) is 11.6 Å². The molecular weight excluding hydrogens is 256 g/mol. The minimum absolute atomic E-state index is 0.104. The minimum atomic E-state index is -0.899. The van der Waals surface area contributed by atoms with E-state index in [4.69, 9.17) is 0 Å². The molecule has 106 valence electrons. The summed E-state index contributed by atoms with van der Waals surface area (Å²) in [7, 11) is 0. The molecule has 2 fully saturated rings. The van der Waals surface area contributed by atoms with Crippen LogP contribution < -0.4 is 5.32 Å². The van der Waals surface area contributed by atoms with Crippen LogP contribution in [0.4, 0.5) is 0 Å². The molecule has 2 aliphatic rings. The van der Waals surface area contributed by atoms with Crippen LogP contribution in [0.5, 0.6) is 0 Å². The molecule has 5 heteroatoms. The third-order valence-corrected chi connectivity index (χ3v) is 4.26. The van der Waals surface area contributed by atoms with E-state index in [1.807, 2.05) is 30.3 Å². The number of carbonyl (C=O) groups excluding carboxylic acids is 2. The normalized spacial score (nSPS) is 33.0. The molecule has 0 bridgehead atoms. The first-order valence-electron chi connectivity index (χ1n) is 6.85. The zero-order chi connectivity index (χ0) is 14.3. The van der Waals surface area contributed by atoms with Gasteiger partial charge < -0.3 is 15.3 Å². The van der Waals surface area contributed by atoms with Gasteiger partial charge in [-0.3, -0.25) is 9.59 Å². The lowest BCUT2D eigenvalue weighted by Gasteiger charge is -2.41. The summed E-state index contributed by atoms with van der Waals surface area (Å²) in [6.45, 7) is 1.96. The van der Waals surface area contributed by atoms with E-state index in [0.29, 0.717) is 12.8 Å². The van der Waals surface area contributed by atoms with E-state index in [9.17, 15) is 14.7 Å². The van der Waals surface area contributed by atoms with Gasteiger partial charge >= 0.3 is 0 Å². The van der Waals surface area contributed by atoms with Crippen molar-refractivity contribution in [2.24, 2.45) is 0 Å². The number of aliphatic hydroxyl groups excluding tert-OH is 1. The number of carbonyl (C=O) groups is 2. The van der Waals surface area contributed by atoms with Gasteiger partial charge in [-0.1, -0.05) is 30.3 Å². The van der Waals surface area contributed by atoms with Crippen LogP contribution in [0, 0.1) is 0 Å². The fourth-order valence-electron chi connectivity index (χ4n) is 3.15. The highest BCUT2D eigenvalue weighted by molar-refractivity contribution is 6.00. The number of hydrogen-bond acceptors (Lipinski definition) is 3. The molecule has 2 saturated heterocycles. The van der Waals surface area contributed by atoms with E-state index < -0.39 is 17.7 Å². The first-order chi connectivity index (χ1) is 9.50. The zero-order valence-corrected chi connectivity index (χ0v) is 11.4. The molecular formula is C15H18N2O3. The van der Waals surface area contributed by atoms with Crippen LogP contribution in [-0.4, -0.2) is 46.1 Å². The molecule has 0 aromatic heterocycles. The van der Waals surface area contributed by atoms with Crippen molar-refractivity contribution in [1.29, 1.82) is 0 Å². The Labute approximate surface area is 117 Å². The lowest BCUT2D eigenvalue weighted by atomic mass is 9.91. The first kappa shape index (κ1) is 13.1. The summed E-state index contributed by atoms with van der Waals surface area (Å²) in [6.07, 6.45) is 0.168. The summed E-state index contributed by atoms with van der Waals surface area (Å²) in [4.78, 5) is 26.3. The minimum Gasteiger partial charge on any atom is -0.391 e. The highest BCUT2D eigenvalue weighted by Gasteiger charge is 2.54. The molecule has 1 aromatic carbocycles. The number of piperazine rings is 1. The Morgan fingerprint density at radius 2 is 2.05 bits per heavy atom. The van der Waals surface area contributed by atoms with Crippen molar-refractivity contribution >= 4 is 11.8 Å². The number of hydrogen-bond donors (Lipinski definition) is 2. The molecule has 1 unspecified atom stereocenters. The van der Waals surface area contributed by atoms with Gasteiger partial charge in [0.05, 0.1) is 6.10 Å². The fraction of sp³-hybridized carbons (Fsp3) is 0.467. The van der Waals surface area contributed by atoms with Gasteiger partial charge in [0, 0.05) is 19.4 Å². The first-order valence-corrected chi connectivity index (χ1v) is 6.85. The van der Waals surface area contributed by atoms with Gasteiger partial charge in [-0.2, -0.15) is 0 Å². The van der Waals surface area contributed by atoms with Crippen molar-refractivity contribution in [3.63, 3.8) is 0 Å². The Morgan fingerprint density at radius 3 is 2.75 bits per heavy atom. The van der Waals surface area contributed by atoms with Gasteiger partial charge in [-0.05, 0) is 12.5 Å². The molecule has 20 heavy (non-hydrogen) atoms. The van der Waals surface area contributed by atoms with Gasteiger partial charge in [0.25, 0.3) is 0 Å².